The molecule has 0 rings (SSSR count). The van der Waals surface area contributed by atoms with Gasteiger partial charge in [0.15, 0.2) is 6.29 Å². The van der Waals surface area contributed by atoms with Crippen LogP contribution in [0.3, 0.4) is 0 Å². The normalized spacial score (nSPS) is 13.2. The molecule has 0 unspecified atom stereocenters. The molecule has 3 heteroatoms. The van der Waals surface area contributed by atoms with Crippen LogP contribution in [0.1, 0.15) is 33.6 Å². The molecule has 0 N–H and O–H groups in total. The molecular formula is C8H14F2O. The number of alkyl halides is 2. The van der Waals surface area contributed by atoms with Crippen LogP contribution in [0.2, 0.25) is 0 Å². The first-order valence-corrected chi connectivity index (χ1v) is 3.61. The highest BCUT2D eigenvalue weighted by atomic mass is 19.3. The van der Waals surface area contributed by atoms with Crippen molar-refractivity contribution in [3.05, 3.63) is 0 Å². The molecule has 0 aliphatic carbocycles. The van der Waals surface area contributed by atoms with E-state index >= 15 is 0 Å². The lowest BCUT2D eigenvalue weighted by Crippen LogP contribution is -2.20. The largest absolute Gasteiger partial charge is 0.302 e. The van der Waals surface area contributed by atoms with Crippen LogP contribution >= 0.6 is 0 Å². The van der Waals surface area contributed by atoms with Crippen molar-refractivity contribution in [3.63, 3.8) is 0 Å². The van der Waals surface area contributed by atoms with Crippen LogP contribution in [0.5, 0.6) is 0 Å². The Hall–Kier alpha value is -0.470. The predicted octanol–water partition coefficient (Wildman–Crippen LogP) is 2.65. The van der Waals surface area contributed by atoms with Crippen molar-refractivity contribution >= 4 is 6.29 Å². The number of carbonyl (C=O) groups excluding carboxylic acids is 1. The van der Waals surface area contributed by atoms with Crippen LogP contribution < -0.4 is 0 Å². The van der Waals surface area contributed by atoms with Crippen LogP contribution in [0, 0.1) is 5.41 Å². The Morgan fingerprint density at radius 3 is 1.91 bits per heavy atom. The van der Waals surface area contributed by atoms with Crippen molar-refractivity contribution in [1.29, 1.82) is 0 Å². The number of rotatable bonds is 3. The molecule has 0 fully saturated rings. The molecule has 0 aliphatic heterocycles. The van der Waals surface area contributed by atoms with Crippen molar-refractivity contribution in [2.24, 2.45) is 5.41 Å². The van der Waals surface area contributed by atoms with E-state index in [1.54, 1.807) is 0 Å². The molecule has 0 aromatic heterocycles. The summed E-state index contributed by atoms with van der Waals surface area (Å²) in [5, 5.41) is 0. The Labute approximate surface area is 65.8 Å². The molecule has 1 nitrogen and oxygen atoms in total. The van der Waals surface area contributed by atoms with Gasteiger partial charge in [0.2, 0.25) is 0 Å². The molecule has 0 heterocycles. The molecule has 66 valence electrons. The van der Waals surface area contributed by atoms with Gasteiger partial charge in [0.05, 0.1) is 0 Å². The van der Waals surface area contributed by atoms with Crippen LogP contribution in [0.25, 0.3) is 0 Å². The number of carbonyl (C=O) groups is 1. The van der Waals surface area contributed by atoms with Gasteiger partial charge in [-0.3, -0.25) is 4.79 Å². The van der Waals surface area contributed by atoms with Gasteiger partial charge in [-0.2, -0.15) is 8.78 Å². The lowest BCUT2D eigenvalue weighted by Gasteiger charge is -2.19. The van der Waals surface area contributed by atoms with Crippen molar-refractivity contribution in [1.82, 2.24) is 0 Å². The van der Waals surface area contributed by atoms with E-state index in [0.717, 1.165) is 0 Å². The summed E-state index contributed by atoms with van der Waals surface area (Å²) in [6.07, 6.45) is -0.266. The summed E-state index contributed by atoms with van der Waals surface area (Å²) in [5.74, 6) is -3.13. The zero-order chi connectivity index (χ0) is 9.12. The highest BCUT2D eigenvalue weighted by molar-refractivity contribution is 5.59. The van der Waals surface area contributed by atoms with E-state index in [9.17, 15) is 13.6 Å². The molecule has 0 bridgehead atoms. The van der Waals surface area contributed by atoms with Gasteiger partial charge in [0.25, 0.3) is 0 Å². The topological polar surface area (TPSA) is 17.1 Å². The summed E-state index contributed by atoms with van der Waals surface area (Å²) in [6.45, 7) is 5.61. The van der Waals surface area contributed by atoms with E-state index in [2.05, 4.69) is 0 Å². The van der Waals surface area contributed by atoms with E-state index in [0.29, 0.717) is 6.42 Å². The molecule has 0 amide bonds. The summed E-state index contributed by atoms with van der Waals surface area (Å²) >= 11 is 0. The Bertz CT molecular complexity index is 136. The zero-order valence-electron chi connectivity index (χ0n) is 7.16. The zero-order valence-corrected chi connectivity index (χ0v) is 7.16. The van der Waals surface area contributed by atoms with Gasteiger partial charge in [0.1, 0.15) is 0 Å². The summed E-state index contributed by atoms with van der Waals surface area (Å²) in [4.78, 5) is 9.79. The predicted molar refractivity (Wildman–Crippen MR) is 39.7 cm³/mol. The van der Waals surface area contributed by atoms with Crippen molar-refractivity contribution in [3.8, 4) is 0 Å². The molecule has 0 atom stereocenters. The summed E-state index contributed by atoms with van der Waals surface area (Å²) < 4.78 is 24.6. The second-order valence-electron chi connectivity index (χ2n) is 3.94. The van der Waals surface area contributed by atoms with Crippen molar-refractivity contribution in [2.45, 2.75) is 39.5 Å². The molecule has 11 heavy (non-hydrogen) atoms. The molecule has 0 aliphatic rings. The van der Waals surface area contributed by atoms with Crippen molar-refractivity contribution in [2.75, 3.05) is 0 Å². The molecular weight excluding hydrogens is 150 g/mol. The first-order valence-electron chi connectivity index (χ1n) is 3.61. The van der Waals surface area contributed by atoms with Crippen LogP contribution in [-0.4, -0.2) is 12.2 Å². The van der Waals surface area contributed by atoms with Gasteiger partial charge in [-0.05, 0) is 11.8 Å². The Balaban J connectivity index is 3.79. The molecule has 0 aromatic rings. The molecule has 0 spiro atoms. The average molecular weight is 164 g/mol. The second-order valence-corrected chi connectivity index (χ2v) is 3.94. The number of halogens is 2. The number of hydrogen-bond donors (Lipinski definition) is 0. The third-order valence-electron chi connectivity index (χ3n) is 1.38. The first kappa shape index (κ1) is 10.5. The second kappa shape index (κ2) is 3.28. The van der Waals surface area contributed by atoms with Crippen molar-refractivity contribution < 1.29 is 13.6 Å². The fraction of sp³-hybridized carbons (Fsp3) is 0.875. The SMILES string of the molecule is CC(C)(C)CCC(F)(F)C=O. The lowest BCUT2D eigenvalue weighted by atomic mass is 9.89. The molecule has 0 saturated carbocycles. The lowest BCUT2D eigenvalue weighted by molar-refractivity contribution is -0.130. The third-order valence-corrected chi connectivity index (χ3v) is 1.38. The fourth-order valence-corrected chi connectivity index (χ4v) is 0.601. The fourth-order valence-electron chi connectivity index (χ4n) is 0.601. The smallest absolute Gasteiger partial charge is 0.297 e. The average Bonchev–Trinajstić information content (AvgIpc) is 1.83. The number of aldehydes is 1. The number of hydrogen-bond acceptors (Lipinski definition) is 1. The van der Waals surface area contributed by atoms with Gasteiger partial charge in [-0.25, -0.2) is 0 Å². The Kier molecular flexibility index (Phi) is 3.14. The minimum atomic E-state index is -3.13. The third kappa shape index (κ3) is 5.95. The summed E-state index contributed by atoms with van der Waals surface area (Å²) in [5.41, 5.74) is -0.132. The van der Waals surface area contributed by atoms with Gasteiger partial charge in [-0.15, -0.1) is 0 Å². The Morgan fingerprint density at radius 2 is 1.64 bits per heavy atom. The monoisotopic (exact) mass is 164 g/mol. The highest BCUT2D eigenvalue weighted by Crippen LogP contribution is 2.27. The standard InChI is InChI=1S/C8H14F2O/c1-7(2,3)4-5-8(9,10)6-11/h6H,4-5H2,1-3H3. The van der Waals surface area contributed by atoms with Gasteiger partial charge >= 0.3 is 5.92 Å². The van der Waals surface area contributed by atoms with Gasteiger partial charge in [-0.1, -0.05) is 20.8 Å². The molecule has 0 saturated heterocycles. The minimum Gasteiger partial charge on any atom is -0.297 e. The quantitative estimate of drug-likeness (QED) is 0.586. The van der Waals surface area contributed by atoms with Crippen LogP contribution in [0.4, 0.5) is 8.78 Å². The summed E-state index contributed by atoms with van der Waals surface area (Å²) in [7, 11) is 0. The van der Waals surface area contributed by atoms with E-state index < -0.39 is 5.92 Å². The summed E-state index contributed by atoms with van der Waals surface area (Å²) in [6, 6.07) is 0. The molecule has 0 radical (unpaired) electrons. The van der Waals surface area contributed by atoms with E-state index in [1.807, 2.05) is 20.8 Å². The van der Waals surface area contributed by atoms with Gasteiger partial charge < -0.3 is 0 Å². The van der Waals surface area contributed by atoms with Gasteiger partial charge in [0, 0.05) is 6.42 Å². The highest BCUT2D eigenvalue weighted by Gasteiger charge is 2.29. The van der Waals surface area contributed by atoms with E-state index in [-0.39, 0.29) is 18.1 Å². The van der Waals surface area contributed by atoms with E-state index in [4.69, 9.17) is 0 Å². The first-order chi connectivity index (χ1) is 4.77. The van der Waals surface area contributed by atoms with Crippen LogP contribution in [-0.2, 0) is 4.79 Å². The maximum absolute atomic E-state index is 12.3. The van der Waals surface area contributed by atoms with Crippen LogP contribution in [0.15, 0.2) is 0 Å². The Morgan fingerprint density at radius 1 is 1.18 bits per heavy atom. The maximum Gasteiger partial charge on any atom is 0.302 e. The minimum absolute atomic E-state index is 0.132. The van der Waals surface area contributed by atoms with E-state index in [1.165, 1.54) is 0 Å². The maximum atomic E-state index is 12.3. The molecule has 0 aromatic carbocycles.